The van der Waals surface area contributed by atoms with Crippen LogP contribution in [0.5, 0.6) is 0 Å². The normalized spacial score (nSPS) is 13.6. The molecular weight excluding hydrogens is 302 g/mol. The van der Waals surface area contributed by atoms with Gasteiger partial charge in [-0.05, 0) is 26.7 Å². The summed E-state index contributed by atoms with van der Waals surface area (Å²) in [7, 11) is 1.50. The van der Waals surface area contributed by atoms with Crippen molar-refractivity contribution in [3.8, 4) is 0 Å². The molecule has 0 fully saturated rings. The maximum Gasteiger partial charge on any atom is 0.264 e. The molecule has 1 amide bonds. The van der Waals surface area contributed by atoms with Crippen LogP contribution >= 0.6 is 10.7 Å². The molecule has 8 heteroatoms. The van der Waals surface area contributed by atoms with Crippen LogP contribution in [0.3, 0.4) is 0 Å². The van der Waals surface area contributed by atoms with Gasteiger partial charge < -0.3 is 5.32 Å². The Bertz CT molecular complexity index is 608. The number of hydrogen-bond acceptors (Lipinski definition) is 4. The van der Waals surface area contributed by atoms with Crippen molar-refractivity contribution >= 4 is 25.6 Å². The van der Waals surface area contributed by atoms with E-state index in [1.165, 1.54) is 4.68 Å². The lowest BCUT2D eigenvalue weighted by Crippen LogP contribution is -2.38. The SMILES string of the molecule is Cc1nn(CC(=O)NC(C)C(C)C)c(C)c1S(=O)(=O)Cl. The molecule has 1 aromatic heterocycles. The minimum absolute atomic E-state index is 0.0242. The average Bonchev–Trinajstić information content (AvgIpc) is 2.52. The zero-order valence-electron chi connectivity index (χ0n) is 12.3. The molecule has 1 N–H and O–H groups in total. The topological polar surface area (TPSA) is 81.1 Å². The van der Waals surface area contributed by atoms with Crippen molar-refractivity contribution in [1.82, 2.24) is 15.1 Å². The summed E-state index contributed by atoms with van der Waals surface area (Å²) in [4.78, 5) is 11.9. The number of hydrogen-bond donors (Lipinski definition) is 1. The van der Waals surface area contributed by atoms with Gasteiger partial charge in [-0.1, -0.05) is 13.8 Å². The summed E-state index contributed by atoms with van der Waals surface area (Å²) in [6, 6.07) is 0.0377. The Morgan fingerprint density at radius 3 is 2.30 bits per heavy atom. The predicted molar refractivity (Wildman–Crippen MR) is 77.2 cm³/mol. The molecule has 0 aromatic carbocycles. The molecular formula is C12H20ClN3O3S. The summed E-state index contributed by atoms with van der Waals surface area (Å²) in [5.74, 6) is 0.105. The Hall–Kier alpha value is -1.08. The first-order valence-electron chi connectivity index (χ1n) is 6.32. The third-order valence-electron chi connectivity index (χ3n) is 3.24. The van der Waals surface area contributed by atoms with E-state index in [-0.39, 0.29) is 23.4 Å². The molecule has 1 unspecified atom stereocenters. The molecule has 0 aliphatic carbocycles. The molecule has 1 rings (SSSR count). The number of carbonyl (C=O) groups is 1. The number of amides is 1. The van der Waals surface area contributed by atoms with Gasteiger partial charge in [0.15, 0.2) is 0 Å². The third kappa shape index (κ3) is 3.96. The van der Waals surface area contributed by atoms with Crippen LogP contribution in [-0.2, 0) is 20.4 Å². The van der Waals surface area contributed by atoms with Crippen LogP contribution < -0.4 is 5.32 Å². The highest BCUT2D eigenvalue weighted by atomic mass is 35.7. The summed E-state index contributed by atoms with van der Waals surface area (Å²) in [5.41, 5.74) is 0.659. The second-order valence-corrected chi connectivity index (χ2v) is 7.70. The summed E-state index contributed by atoms with van der Waals surface area (Å²) in [6.45, 7) is 9.02. The van der Waals surface area contributed by atoms with Crippen LogP contribution in [0.25, 0.3) is 0 Å². The van der Waals surface area contributed by atoms with E-state index in [2.05, 4.69) is 10.4 Å². The van der Waals surface area contributed by atoms with Gasteiger partial charge >= 0.3 is 0 Å². The molecule has 0 saturated carbocycles. The monoisotopic (exact) mass is 321 g/mol. The van der Waals surface area contributed by atoms with Crippen molar-refractivity contribution in [2.75, 3.05) is 0 Å². The number of nitrogens with one attached hydrogen (secondary N) is 1. The van der Waals surface area contributed by atoms with Crippen LogP contribution in [0.2, 0.25) is 0 Å². The molecule has 0 aliphatic heterocycles. The first-order chi connectivity index (χ1) is 9.04. The minimum Gasteiger partial charge on any atom is -0.352 e. The highest BCUT2D eigenvalue weighted by molar-refractivity contribution is 8.13. The maximum atomic E-state index is 11.9. The van der Waals surface area contributed by atoms with E-state index in [0.717, 1.165) is 0 Å². The number of nitrogens with zero attached hydrogens (tertiary/aromatic N) is 2. The van der Waals surface area contributed by atoms with Crippen LogP contribution in [0.15, 0.2) is 4.90 Å². The van der Waals surface area contributed by atoms with E-state index in [1.807, 2.05) is 20.8 Å². The number of aryl methyl sites for hydroxylation is 1. The minimum atomic E-state index is -3.86. The van der Waals surface area contributed by atoms with E-state index < -0.39 is 9.05 Å². The smallest absolute Gasteiger partial charge is 0.264 e. The Balaban J connectivity index is 2.93. The number of carbonyl (C=O) groups excluding carboxylic acids is 1. The lowest BCUT2D eigenvalue weighted by atomic mass is 10.1. The van der Waals surface area contributed by atoms with E-state index in [9.17, 15) is 13.2 Å². The fraction of sp³-hybridized carbons (Fsp3) is 0.667. The summed E-state index contributed by atoms with van der Waals surface area (Å²) in [6.07, 6.45) is 0. The van der Waals surface area contributed by atoms with Crippen molar-refractivity contribution in [2.24, 2.45) is 5.92 Å². The Labute approximate surface area is 123 Å². The zero-order chi connectivity index (χ0) is 15.7. The van der Waals surface area contributed by atoms with Gasteiger partial charge in [-0.15, -0.1) is 0 Å². The number of halogens is 1. The highest BCUT2D eigenvalue weighted by Crippen LogP contribution is 2.22. The van der Waals surface area contributed by atoms with Gasteiger partial charge in [0.2, 0.25) is 5.91 Å². The van der Waals surface area contributed by atoms with Crippen LogP contribution in [0.1, 0.15) is 32.2 Å². The van der Waals surface area contributed by atoms with Gasteiger partial charge in [0.05, 0.1) is 11.4 Å². The molecule has 0 saturated heterocycles. The first-order valence-corrected chi connectivity index (χ1v) is 8.63. The number of aromatic nitrogens is 2. The van der Waals surface area contributed by atoms with E-state index in [4.69, 9.17) is 10.7 Å². The molecule has 0 aliphatic rings. The summed E-state index contributed by atoms with van der Waals surface area (Å²) in [5, 5.41) is 6.90. The molecule has 20 heavy (non-hydrogen) atoms. The van der Waals surface area contributed by atoms with Gasteiger partial charge in [-0.25, -0.2) is 8.42 Å². The quantitative estimate of drug-likeness (QED) is 0.835. The van der Waals surface area contributed by atoms with Gasteiger partial charge in [0, 0.05) is 16.7 Å². The first kappa shape index (κ1) is 17.0. The Kier molecular flexibility index (Phi) is 5.21. The summed E-state index contributed by atoms with van der Waals surface area (Å²) < 4.78 is 24.3. The maximum absolute atomic E-state index is 11.9. The Morgan fingerprint density at radius 1 is 1.35 bits per heavy atom. The van der Waals surface area contributed by atoms with Crippen LogP contribution in [0.4, 0.5) is 0 Å². The fourth-order valence-electron chi connectivity index (χ4n) is 1.79. The second-order valence-electron chi connectivity index (χ2n) is 5.20. The molecule has 0 radical (unpaired) electrons. The van der Waals surface area contributed by atoms with Gasteiger partial charge in [0.25, 0.3) is 9.05 Å². The number of rotatable bonds is 5. The van der Waals surface area contributed by atoms with Crippen molar-refractivity contribution in [1.29, 1.82) is 0 Å². The lowest BCUT2D eigenvalue weighted by molar-refractivity contribution is -0.122. The van der Waals surface area contributed by atoms with E-state index in [1.54, 1.807) is 13.8 Å². The highest BCUT2D eigenvalue weighted by Gasteiger charge is 2.23. The Morgan fingerprint density at radius 2 is 1.90 bits per heavy atom. The zero-order valence-corrected chi connectivity index (χ0v) is 13.8. The standard InChI is InChI=1S/C12H20ClN3O3S/c1-7(2)8(3)14-11(17)6-16-10(5)12(9(4)15-16)20(13,18)19/h7-8H,6H2,1-5H3,(H,14,17). The molecule has 0 bridgehead atoms. The lowest BCUT2D eigenvalue weighted by Gasteiger charge is -2.17. The van der Waals surface area contributed by atoms with Gasteiger partial charge in [-0.2, -0.15) is 5.10 Å². The van der Waals surface area contributed by atoms with Gasteiger partial charge in [0.1, 0.15) is 11.4 Å². The molecule has 114 valence electrons. The molecule has 0 spiro atoms. The van der Waals surface area contributed by atoms with Crippen molar-refractivity contribution in [2.45, 2.75) is 52.1 Å². The van der Waals surface area contributed by atoms with E-state index in [0.29, 0.717) is 17.3 Å². The van der Waals surface area contributed by atoms with Crippen molar-refractivity contribution < 1.29 is 13.2 Å². The molecule has 1 aromatic rings. The van der Waals surface area contributed by atoms with Crippen molar-refractivity contribution in [3.05, 3.63) is 11.4 Å². The van der Waals surface area contributed by atoms with E-state index >= 15 is 0 Å². The second kappa shape index (κ2) is 6.13. The molecule has 1 atom stereocenters. The van der Waals surface area contributed by atoms with Gasteiger partial charge in [-0.3, -0.25) is 9.48 Å². The summed E-state index contributed by atoms with van der Waals surface area (Å²) >= 11 is 0. The van der Waals surface area contributed by atoms with Crippen molar-refractivity contribution in [3.63, 3.8) is 0 Å². The van der Waals surface area contributed by atoms with Crippen LogP contribution in [-0.4, -0.2) is 30.1 Å². The fourth-order valence-corrected chi connectivity index (χ4v) is 3.31. The molecule has 1 heterocycles. The predicted octanol–water partition coefficient (Wildman–Crippen LogP) is 1.59. The third-order valence-corrected chi connectivity index (χ3v) is 4.78. The van der Waals surface area contributed by atoms with Crippen LogP contribution in [0, 0.1) is 19.8 Å². The molecule has 6 nitrogen and oxygen atoms in total. The average molecular weight is 322 g/mol. The largest absolute Gasteiger partial charge is 0.352 e.